The van der Waals surface area contributed by atoms with Crippen LogP contribution in [0.15, 0.2) is 54.6 Å². The number of aryl methyl sites for hydroxylation is 1. The summed E-state index contributed by atoms with van der Waals surface area (Å²) in [4.78, 5) is 17.4. The lowest BCUT2D eigenvalue weighted by atomic mass is 9.87. The minimum atomic E-state index is 0.114. The molecule has 1 saturated heterocycles. The molecule has 1 aliphatic heterocycles. The van der Waals surface area contributed by atoms with Crippen LogP contribution in [0.3, 0.4) is 0 Å². The summed E-state index contributed by atoms with van der Waals surface area (Å²) in [5, 5.41) is 3.05. The van der Waals surface area contributed by atoms with Crippen LogP contribution in [0.4, 0.5) is 5.69 Å². The summed E-state index contributed by atoms with van der Waals surface area (Å²) in [5.74, 6) is 0.624. The van der Waals surface area contributed by atoms with Crippen LogP contribution in [0.5, 0.6) is 0 Å². The number of rotatable bonds is 7. The monoisotopic (exact) mass is 379 g/mol. The average molecular weight is 380 g/mol. The van der Waals surface area contributed by atoms with E-state index < -0.39 is 0 Å². The molecule has 0 spiro atoms. The lowest BCUT2D eigenvalue weighted by molar-refractivity contribution is -0.116. The molecule has 150 valence electrons. The summed E-state index contributed by atoms with van der Waals surface area (Å²) < 4.78 is 0. The first-order chi connectivity index (χ1) is 13.5. The van der Waals surface area contributed by atoms with Gasteiger partial charge in [-0.25, -0.2) is 0 Å². The third kappa shape index (κ3) is 5.91. The summed E-state index contributed by atoms with van der Waals surface area (Å²) in [6, 6.07) is 19.2. The van der Waals surface area contributed by atoms with Gasteiger partial charge in [0.2, 0.25) is 5.91 Å². The van der Waals surface area contributed by atoms with Gasteiger partial charge in [0.25, 0.3) is 0 Å². The van der Waals surface area contributed by atoms with Gasteiger partial charge in [0.15, 0.2) is 0 Å². The summed E-state index contributed by atoms with van der Waals surface area (Å²) in [6.07, 6.45) is 2.65. The first kappa shape index (κ1) is 20.6. The zero-order valence-corrected chi connectivity index (χ0v) is 17.4. The molecule has 1 heterocycles. The molecule has 0 unspecified atom stereocenters. The standard InChI is InChI=1S/C24H33N3O/c1-19-8-7-11-22(16-19)25-24(28)13-12-21-18-27(15-14-23(21)26(2)3)17-20-9-5-4-6-10-20/h4-11,16,21,23H,12-15,17-18H2,1-3H3,(H,25,28)/t21-,23+/m0/s1. The quantitative estimate of drug-likeness (QED) is 0.784. The van der Waals surface area contributed by atoms with E-state index in [2.05, 4.69) is 59.5 Å². The Hall–Kier alpha value is -2.17. The Morgan fingerprint density at radius 2 is 1.93 bits per heavy atom. The third-order valence-corrected chi connectivity index (χ3v) is 5.73. The third-order valence-electron chi connectivity index (χ3n) is 5.73. The van der Waals surface area contributed by atoms with Crippen LogP contribution in [0.1, 0.15) is 30.4 Å². The zero-order valence-electron chi connectivity index (χ0n) is 17.4. The maximum atomic E-state index is 12.5. The van der Waals surface area contributed by atoms with Gasteiger partial charge in [0.1, 0.15) is 0 Å². The van der Waals surface area contributed by atoms with E-state index in [1.807, 2.05) is 31.2 Å². The Bertz CT molecular complexity index is 759. The highest BCUT2D eigenvalue weighted by molar-refractivity contribution is 5.90. The van der Waals surface area contributed by atoms with Crippen molar-refractivity contribution in [2.24, 2.45) is 5.92 Å². The SMILES string of the molecule is Cc1cccc(NC(=O)CC[C@H]2CN(Cc3ccccc3)CC[C@H]2N(C)C)c1. The fraction of sp³-hybridized carbons (Fsp3) is 0.458. The first-order valence-corrected chi connectivity index (χ1v) is 10.3. The number of hydrogen-bond donors (Lipinski definition) is 1. The number of benzene rings is 2. The molecule has 0 saturated carbocycles. The van der Waals surface area contributed by atoms with Crippen LogP contribution < -0.4 is 5.32 Å². The van der Waals surface area contributed by atoms with Crippen molar-refractivity contribution in [2.45, 2.75) is 38.8 Å². The molecule has 1 fully saturated rings. The Morgan fingerprint density at radius 3 is 2.64 bits per heavy atom. The molecule has 4 heteroatoms. The number of carbonyl (C=O) groups is 1. The molecule has 1 aliphatic rings. The Balaban J connectivity index is 1.56. The molecule has 0 aromatic heterocycles. The molecule has 0 radical (unpaired) electrons. The van der Waals surface area contributed by atoms with Crippen molar-refractivity contribution in [3.63, 3.8) is 0 Å². The highest BCUT2D eigenvalue weighted by Crippen LogP contribution is 2.26. The van der Waals surface area contributed by atoms with Crippen LogP contribution >= 0.6 is 0 Å². The normalized spacial score (nSPS) is 20.3. The van der Waals surface area contributed by atoms with E-state index in [4.69, 9.17) is 0 Å². The van der Waals surface area contributed by atoms with Crippen LogP contribution in [0.25, 0.3) is 0 Å². The maximum absolute atomic E-state index is 12.5. The predicted octanol–water partition coefficient (Wildman–Crippen LogP) is 4.17. The topological polar surface area (TPSA) is 35.6 Å². The molecule has 2 aromatic carbocycles. The van der Waals surface area contributed by atoms with Crippen molar-refractivity contribution >= 4 is 11.6 Å². The number of carbonyl (C=O) groups excluding carboxylic acids is 1. The van der Waals surface area contributed by atoms with E-state index >= 15 is 0 Å². The second-order valence-electron chi connectivity index (χ2n) is 8.26. The average Bonchev–Trinajstić information content (AvgIpc) is 2.67. The van der Waals surface area contributed by atoms with Crippen LogP contribution in [-0.2, 0) is 11.3 Å². The van der Waals surface area contributed by atoms with Crippen molar-refractivity contribution in [3.05, 3.63) is 65.7 Å². The Kier molecular flexibility index (Phi) is 7.24. The summed E-state index contributed by atoms with van der Waals surface area (Å²) in [7, 11) is 4.33. The molecule has 0 aliphatic carbocycles. The van der Waals surface area contributed by atoms with E-state index in [0.29, 0.717) is 18.4 Å². The Labute approximate surface area is 169 Å². The van der Waals surface area contributed by atoms with E-state index in [-0.39, 0.29) is 5.91 Å². The van der Waals surface area contributed by atoms with Gasteiger partial charge in [-0.2, -0.15) is 0 Å². The van der Waals surface area contributed by atoms with Gasteiger partial charge in [-0.3, -0.25) is 9.69 Å². The second-order valence-corrected chi connectivity index (χ2v) is 8.26. The van der Waals surface area contributed by atoms with Crippen LogP contribution in [0, 0.1) is 12.8 Å². The number of hydrogen-bond acceptors (Lipinski definition) is 3. The number of nitrogens with zero attached hydrogens (tertiary/aromatic N) is 2. The minimum absolute atomic E-state index is 0.114. The number of piperidine rings is 1. The van der Waals surface area contributed by atoms with Gasteiger partial charge in [0.05, 0.1) is 0 Å². The number of likely N-dealkylation sites (tertiary alicyclic amines) is 1. The molecule has 2 atom stereocenters. The van der Waals surface area contributed by atoms with Gasteiger partial charge in [0, 0.05) is 31.2 Å². The highest BCUT2D eigenvalue weighted by Gasteiger charge is 2.30. The van der Waals surface area contributed by atoms with E-state index in [1.165, 1.54) is 5.56 Å². The molecule has 0 bridgehead atoms. The fourth-order valence-electron chi connectivity index (χ4n) is 4.31. The second kappa shape index (κ2) is 9.85. The molecule has 3 rings (SSSR count). The molecule has 2 aromatic rings. The minimum Gasteiger partial charge on any atom is -0.326 e. The van der Waals surface area contributed by atoms with E-state index in [1.54, 1.807) is 0 Å². The van der Waals surface area contributed by atoms with Crippen LogP contribution in [0.2, 0.25) is 0 Å². The van der Waals surface area contributed by atoms with Crippen molar-refractivity contribution in [1.29, 1.82) is 0 Å². The molecular weight excluding hydrogens is 346 g/mol. The number of amides is 1. The fourth-order valence-corrected chi connectivity index (χ4v) is 4.31. The highest BCUT2D eigenvalue weighted by atomic mass is 16.1. The molecule has 28 heavy (non-hydrogen) atoms. The van der Waals surface area contributed by atoms with Crippen molar-refractivity contribution in [2.75, 3.05) is 32.5 Å². The lowest BCUT2D eigenvalue weighted by Gasteiger charge is -2.41. The van der Waals surface area contributed by atoms with Crippen molar-refractivity contribution in [1.82, 2.24) is 9.80 Å². The van der Waals surface area contributed by atoms with Gasteiger partial charge in [-0.15, -0.1) is 0 Å². The first-order valence-electron chi connectivity index (χ1n) is 10.3. The van der Waals surface area contributed by atoms with Gasteiger partial charge >= 0.3 is 0 Å². The van der Waals surface area contributed by atoms with Gasteiger partial charge in [-0.1, -0.05) is 42.5 Å². The summed E-state index contributed by atoms with van der Waals surface area (Å²) >= 11 is 0. The number of nitrogens with one attached hydrogen (secondary N) is 1. The van der Waals surface area contributed by atoms with Gasteiger partial charge < -0.3 is 10.2 Å². The molecular formula is C24H33N3O. The van der Waals surface area contributed by atoms with Crippen LogP contribution in [-0.4, -0.2) is 48.9 Å². The van der Waals surface area contributed by atoms with Gasteiger partial charge in [-0.05, 0) is 69.6 Å². The Morgan fingerprint density at radius 1 is 1.14 bits per heavy atom. The van der Waals surface area contributed by atoms with E-state index in [9.17, 15) is 4.79 Å². The van der Waals surface area contributed by atoms with Crippen molar-refractivity contribution in [3.8, 4) is 0 Å². The molecule has 4 nitrogen and oxygen atoms in total. The predicted molar refractivity (Wildman–Crippen MR) is 116 cm³/mol. The lowest BCUT2D eigenvalue weighted by Crippen LogP contribution is -2.48. The zero-order chi connectivity index (χ0) is 19.9. The molecule has 1 amide bonds. The smallest absolute Gasteiger partial charge is 0.224 e. The maximum Gasteiger partial charge on any atom is 0.224 e. The van der Waals surface area contributed by atoms with Crippen molar-refractivity contribution < 1.29 is 4.79 Å². The summed E-state index contributed by atoms with van der Waals surface area (Å²) in [6.45, 7) is 5.20. The van der Waals surface area contributed by atoms with E-state index in [0.717, 1.165) is 43.7 Å². The number of anilines is 1. The largest absolute Gasteiger partial charge is 0.326 e. The summed E-state index contributed by atoms with van der Waals surface area (Å²) in [5.41, 5.74) is 3.42. The molecule has 1 N–H and O–H groups in total.